The summed E-state index contributed by atoms with van der Waals surface area (Å²) in [6.45, 7) is 1.56. The van der Waals surface area contributed by atoms with Crippen molar-refractivity contribution < 1.29 is 17.7 Å². The Morgan fingerprint density at radius 1 is 1.29 bits per heavy atom. The van der Waals surface area contributed by atoms with Crippen molar-refractivity contribution in [1.29, 1.82) is 0 Å². The van der Waals surface area contributed by atoms with E-state index in [1.54, 1.807) is 29.0 Å². The molecule has 4 heterocycles. The van der Waals surface area contributed by atoms with Crippen molar-refractivity contribution in [2.24, 2.45) is 12.5 Å². The maximum atomic E-state index is 12.8. The van der Waals surface area contributed by atoms with Crippen molar-refractivity contribution in [2.45, 2.75) is 24.7 Å². The lowest BCUT2D eigenvalue weighted by atomic mass is 9.71. The number of nitrogens with zero attached hydrogens (tertiary/aromatic N) is 6. The number of rotatable bonds is 4. The van der Waals surface area contributed by atoms with Crippen molar-refractivity contribution in [3.63, 3.8) is 0 Å². The smallest absolute Gasteiger partial charge is 0.272 e. The number of hydrogen-bond donors (Lipinski definition) is 0. The molecule has 3 fully saturated rings. The summed E-state index contributed by atoms with van der Waals surface area (Å²) in [5.41, 5.74) is 0.114. The van der Waals surface area contributed by atoms with E-state index in [1.165, 1.54) is 10.6 Å². The molecule has 1 amide bonds. The first-order valence-corrected chi connectivity index (χ1v) is 11.2. The normalized spacial score (nSPS) is 24.6. The van der Waals surface area contributed by atoms with E-state index >= 15 is 0 Å². The monoisotopic (exact) mass is 406 g/mol. The molecule has 150 valence electrons. The second-order valence-electron chi connectivity index (χ2n) is 8.29. The number of carbonyl (C=O) groups excluding carboxylic acids is 1. The molecule has 1 spiro atoms. The molecule has 2 aromatic rings. The lowest BCUT2D eigenvalue weighted by Gasteiger charge is -2.50. The molecule has 1 saturated carbocycles. The van der Waals surface area contributed by atoms with Gasteiger partial charge in [-0.05, 0) is 12.8 Å². The molecular formula is C17H22N6O4S. The molecular weight excluding hydrogens is 384 g/mol. The Hall–Kier alpha value is -2.27. The highest BCUT2D eigenvalue weighted by atomic mass is 32.2. The first-order valence-electron chi connectivity index (χ1n) is 9.31. The van der Waals surface area contributed by atoms with Crippen molar-refractivity contribution in [1.82, 2.24) is 28.9 Å². The third-order valence-electron chi connectivity index (χ3n) is 6.12. The third kappa shape index (κ3) is 2.75. The molecule has 0 aromatic carbocycles. The summed E-state index contributed by atoms with van der Waals surface area (Å²) in [5, 5.41) is 4.09. The van der Waals surface area contributed by atoms with Gasteiger partial charge in [0.2, 0.25) is 15.9 Å². The first kappa shape index (κ1) is 17.8. The summed E-state index contributed by atoms with van der Waals surface area (Å²) in [6.07, 6.45) is 6.48. The summed E-state index contributed by atoms with van der Waals surface area (Å²) >= 11 is 0. The Balaban J connectivity index is 1.41. The SMILES string of the molecule is Cn1cncc1C(=O)N1CC2(C1)CN(S(C)(=O)=O)CC2c1nc(C2CC2)no1. The van der Waals surface area contributed by atoms with Crippen LogP contribution in [0.5, 0.6) is 0 Å². The van der Waals surface area contributed by atoms with Gasteiger partial charge in [-0.3, -0.25) is 4.79 Å². The van der Waals surface area contributed by atoms with Gasteiger partial charge in [0, 0.05) is 44.6 Å². The van der Waals surface area contributed by atoms with Crippen LogP contribution in [0.2, 0.25) is 0 Å². The number of aryl methyl sites for hydroxylation is 1. The minimum atomic E-state index is -3.35. The van der Waals surface area contributed by atoms with Gasteiger partial charge in [-0.15, -0.1) is 0 Å². The van der Waals surface area contributed by atoms with Crippen molar-refractivity contribution in [3.05, 3.63) is 29.9 Å². The van der Waals surface area contributed by atoms with Crippen LogP contribution in [-0.4, -0.2) is 75.7 Å². The number of amides is 1. The molecule has 0 radical (unpaired) electrons. The minimum Gasteiger partial charge on any atom is -0.339 e. The quantitative estimate of drug-likeness (QED) is 0.711. The van der Waals surface area contributed by atoms with Gasteiger partial charge in [0.1, 0.15) is 5.69 Å². The van der Waals surface area contributed by atoms with E-state index in [1.807, 2.05) is 0 Å². The fourth-order valence-corrected chi connectivity index (χ4v) is 5.23. The summed E-state index contributed by atoms with van der Waals surface area (Å²) in [5.74, 6) is 1.25. The van der Waals surface area contributed by atoms with Crippen LogP contribution in [0.1, 0.15) is 46.9 Å². The molecule has 11 heteroatoms. The maximum Gasteiger partial charge on any atom is 0.272 e. The van der Waals surface area contributed by atoms with Crippen LogP contribution in [0.15, 0.2) is 17.0 Å². The fourth-order valence-electron chi connectivity index (χ4n) is 4.32. The van der Waals surface area contributed by atoms with Gasteiger partial charge in [-0.25, -0.2) is 17.7 Å². The van der Waals surface area contributed by atoms with Gasteiger partial charge < -0.3 is 14.0 Å². The van der Waals surface area contributed by atoms with Crippen LogP contribution >= 0.6 is 0 Å². The van der Waals surface area contributed by atoms with E-state index in [0.717, 1.165) is 12.8 Å². The van der Waals surface area contributed by atoms with Crippen LogP contribution in [0.4, 0.5) is 0 Å². The molecule has 2 saturated heterocycles. The number of carbonyl (C=O) groups is 1. The van der Waals surface area contributed by atoms with Crippen LogP contribution in [-0.2, 0) is 17.1 Å². The third-order valence-corrected chi connectivity index (χ3v) is 7.33. The second kappa shape index (κ2) is 5.86. The Labute approximate surface area is 162 Å². The van der Waals surface area contributed by atoms with E-state index in [2.05, 4.69) is 15.1 Å². The Kier molecular flexibility index (Phi) is 3.73. The van der Waals surface area contributed by atoms with Crippen LogP contribution in [0, 0.1) is 5.41 Å². The predicted molar refractivity (Wildman–Crippen MR) is 97.0 cm³/mol. The summed E-state index contributed by atoms with van der Waals surface area (Å²) in [6, 6.07) is 0. The standard InChI is InChI=1S/C17H22N6O4S/c1-21-10-18-5-13(21)16(24)22-7-17(8-22)9-23(28(2,25)26)6-12(17)15-19-14(20-27-15)11-3-4-11/h5,10-12H,3-4,6-9H2,1-2H3. The molecule has 1 unspecified atom stereocenters. The number of hydrogen-bond acceptors (Lipinski definition) is 7. The largest absolute Gasteiger partial charge is 0.339 e. The van der Waals surface area contributed by atoms with E-state index < -0.39 is 15.4 Å². The van der Waals surface area contributed by atoms with E-state index in [0.29, 0.717) is 49.5 Å². The minimum absolute atomic E-state index is 0.105. The zero-order valence-corrected chi connectivity index (χ0v) is 16.6. The fraction of sp³-hybridized carbons (Fsp3) is 0.647. The topological polar surface area (TPSA) is 114 Å². The molecule has 10 nitrogen and oxygen atoms in total. The predicted octanol–water partition coefficient (Wildman–Crippen LogP) is 0.182. The molecule has 5 rings (SSSR count). The first-order chi connectivity index (χ1) is 13.3. The van der Waals surface area contributed by atoms with Crippen LogP contribution < -0.4 is 0 Å². The number of aromatic nitrogens is 4. The van der Waals surface area contributed by atoms with Crippen LogP contribution in [0.3, 0.4) is 0 Å². The zero-order valence-electron chi connectivity index (χ0n) is 15.8. The molecule has 3 aliphatic rings. The highest BCUT2D eigenvalue weighted by Gasteiger charge is 2.59. The number of likely N-dealkylation sites (tertiary alicyclic amines) is 1. The highest BCUT2D eigenvalue weighted by molar-refractivity contribution is 7.88. The molecule has 28 heavy (non-hydrogen) atoms. The van der Waals surface area contributed by atoms with Gasteiger partial charge in [-0.1, -0.05) is 5.16 Å². The molecule has 1 atom stereocenters. The summed E-state index contributed by atoms with van der Waals surface area (Å²) in [4.78, 5) is 23.0. The zero-order chi connectivity index (χ0) is 19.7. The summed E-state index contributed by atoms with van der Waals surface area (Å²) in [7, 11) is -1.57. The Bertz CT molecular complexity index is 1030. The molecule has 1 aliphatic carbocycles. The molecule has 0 N–H and O–H groups in total. The molecule has 2 aromatic heterocycles. The molecule has 2 aliphatic heterocycles. The van der Waals surface area contributed by atoms with E-state index in [9.17, 15) is 13.2 Å². The number of sulfonamides is 1. The molecule has 0 bridgehead atoms. The highest BCUT2D eigenvalue weighted by Crippen LogP contribution is 2.50. The van der Waals surface area contributed by atoms with Gasteiger partial charge in [0.15, 0.2) is 5.82 Å². The van der Waals surface area contributed by atoms with Gasteiger partial charge in [0.05, 0.1) is 24.7 Å². The van der Waals surface area contributed by atoms with Gasteiger partial charge in [0.25, 0.3) is 5.91 Å². The lowest BCUT2D eigenvalue weighted by molar-refractivity contribution is 0.000624. The average Bonchev–Trinajstić information content (AvgIpc) is 3.03. The van der Waals surface area contributed by atoms with Crippen molar-refractivity contribution >= 4 is 15.9 Å². The average molecular weight is 406 g/mol. The van der Waals surface area contributed by atoms with Gasteiger partial charge in [-0.2, -0.15) is 4.98 Å². The summed E-state index contributed by atoms with van der Waals surface area (Å²) < 4.78 is 33.0. The maximum absolute atomic E-state index is 12.8. The number of imidazole rings is 1. The van der Waals surface area contributed by atoms with E-state index in [4.69, 9.17) is 4.52 Å². The Morgan fingerprint density at radius 3 is 2.64 bits per heavy atom. The van der Waals surface area contributed by atoms with Crippen LogP contribution in [0.25, 0.3) is 0 Å². The van der Waals surface area contributed by atoms with Crippen molar-refractivity contribution in [2.75, 3.05) is 32.4 Å². The van der Waals surface area contributed by atoms with E-state index in [-0.39, 0.29) is 11.8 Å². The van der Waals surface area contributed by atoms with Gasteiger partial charge >= 0.3 is 0 Å². The van der Waals surface area contributed by atoms with Crippen molar-refractivity contribution in [3.8, 4) is 0 Å². The lowest BCUT2D eigenvalue weighted by Crippen LogP contribution is -2.61. The Morgan fingerprint density at radius 2 is 2.04 bits per heavy atom. The second-order valence-corrected chi connectivity index (χ2v) is 10.3.